The predicted molar refractivity (Wildman–Crippen MR) is 72.3 cm³/mol. The molecule has 0 bridgehead atoms. The van der Waals surface area contributed by atoms with Crippen molar-refractivity contribution in [3.05, 3.63) is 36.2 Å². The molecule has 3 rings (SSSR count). The smallest absolute Gasteiger partial charge is 0.166 e. The summed E-state index contributed by atoms with van der Waals surface area (Å²) < 4.78 is 7.31. The lowest BCUT2D eigenvalue weighted by molar-refractivity contribution is 0.0924. The molecule has 0 N–H and O–H groups in total. The van der Waals surface area contributed by atoms with E-state index >= 15 is 0 Å². The molecule has 0 spiro atoms. The normalized spacial score (nSPS) is 19.1. The fraction of sp³-hybridized carbons (Fsp3) is 0.467. The molecule has 4 heteroatoms. The summed E-state index contributed by atoms with van der Waals surface area (Å²) in [5.74, 6) is 0.180. The van der Waals surface area contributed by atoms with Crippen molar-refractivity contribution in [2.45, 2.75) is 38.2 Å². The zero-order chi connectivity index (χ0) is 13.1. The Bertz CT molecular complexity index is 570. The van der Waals surface area contributed by atoms with E-state index in [0.717, 1.165) is 43.4 Å². The molecule has 1 saturated heterocycles. The van der Waals surface area contributed by atoms with Gasteiger partial charge in [-0.15, -0.1) is 0 Å². The second kappa shape index (κ2) is 5.53. The molecular weight excluding hydrogens is 240 g/mol. The highest BCUT2D eigenvalue weighted by Gasteiger charge is 2.17. The predicted octanol–water partition coefficient (Wildman–Crippen LogP) is 2.87. The van der Waals surface area contributed by atoms with Crippen molar-refractivity contribution in [2.24, 2.45) is 0 Å². The molecule has 1 aliphatic rings. The molecule has 2 aromatic heterocycles. The van der Waals surface area contributed by atoms with Crippen molar-refractivity contribution in [2.75, 3.05) is 6.61 Å². The summed E-state index contributed by atoms with van der Waals surface area (Å²) in [4.78, 5) is 12.2. The number of Topliss-reactive ketones (excluding diaryl/α,β-unsaturated/α-hetero) is 1. The second-order valence-electron chi connectivity index (χ2n) is 5.04. The number of aromatic nitrogens is 2. The number of ketones is 1. The molecule has 3 heterocycles. The van der Waals surface area contributed by atoms with E-state index in [1.807, 2.05) is 24.4 Å². The van der Waals surface area contributed by atoms with Crippen LogP contribution in [0, 0.1) is 0 Å². The van der Waals surface area contributed by atoms with E-state index in [4.69, 9.17) is 4.74 Å². The van der Waals surface area contributed by atoms with Crippen LogP contribution in [0.4, 0.5) is 0 Å². The molecule has 100 valence electrons. The third-order valence-corrected chi connectivity index (χ3v) is 3.68. The van der Waals surface area contributed by atoms with Crippen molar-refractivity contribution in [3.8, 4) is 0 Å². The third-order valence-electron chi connectivity index (χ3n) is 3.68. The number of pyridine rings is 1. The fourth-order valence-corrected chi connectivity index (χ4v) is 2.65. The lowest BCUT2D eigenvalue weighted by atomic mass is 10.0. The summed E-state index contributed by atoms with van der Waals surface area (Å²) in [6.45, 7) is 0.882. The molecule has 4 nitrogen and oxygen atoms in total. The molecule has 1 fully saturated rings. The first-order valence-corrected chi connectivity index (χ1v) is 6.92. The van der Waals surface area contributed by atoms with Crippen molar-refractivity contribution in [1.29, 1.82) is 0 Å². The number of hydrogen-bond donors (Lipinski definition) is 0. The van der Waals surface area contributed by atoms with E-state index in [1.54, 1.807) is 10.7 Å². The minimum Gasteiger partial charge on any atom is -0.378 e. The van der Waals surface area contributed by atoms with Crippen molar-refractivity contribution >= 4 is 11.3 Å². The van der Waals surface area contributed by atoms with Gasteiger partial charge in [-0.2, -0.15) is 5.10 Å². The van der Waals surface area contributed by atoms with Crippen molar-refractivity contribution in [3.63, 3.8) is 0 Å². The zero-order valence-corrected chi connectivity index (χ0v) is 10.9. The maximum atomic E-state index is 12.2. The van der Waals surface area contributed by atoms with E-state index in [0.29, 0.717) is 12.5 Å². The van der Waals surface area contributed by atoms with Gasteiger partial charge in [0.05, 0.1) is 23.4 Å². The van der Waals surface area contributed by atoms with Gasteiger partial charge < -0.3 is 4.74 Å². The minimum absolute atomic E-state index is 0.180. The van der Waals surface area contributed by atoms with Gasteiger partial charge in [-0.3, -0.25) is 4.79 Å². The number of carbonyl (C=O) groups excluding carboxylic acids is 1. The maximum Gasteiger partial charge on any atom is 0.166 e. The first-order chi connectivity index (χ1) is 9.34. The number of nitrogens with zero attached hydrogens (tertiary/aromatic N) is 2. The first kappa shape index (κ1) is 12.4. The van der Waals surface area contributed by atoms with Gasteiger partial charge >= 0.3 is 0 Å². The van der Waals surface area contributed by atoms with E-state index in [1.165, 1.54) is 0 Å². The molecule has 0 amide bonds. The van der Waals surface area contributed by atoms with E-state index < -0.39 is 0 Å². The lowest BCUT2D eigenvalue weighted by Crippen LogP contribution is -2.06. The van der Waals surface area contributed by atoms with E-state index in [-0.39, 0.29) is 5.78 Å². The number of fused-ring (bicyclic) bond motifs is 1. The molecular formula is C15H18N2O2. The number of hydrogen-bond acceptors (Lipinski definition) is 3. The Kier molecular flexibility index (Phi) is 3.60. The Balaban J connectivity index is 1.60. The molecule has 0 radical (unpaired) electrons. The van der Waals surface area contributed by atoms with Gasteiger partial charge in [0.25, 0.3) is 0 Å². The van der Waals surface area contributed by atoms with Crippen LogP contribution in [0.2, 0.25) is 0 Å². The molecule has 0 saturated carbocycles. The first-order valence-electron chi connectivity index (χ1n) is 6.92. The Morgan fingerprint density at radius 3 is 3.26 bits per heavy atom. The number of ether oxygens (including phenoxy) is 1. The minimum atomic E-state index is 0.180. The Labute approximate surface area is 112 Å². The Morgan fingerprint density at radius 2 is 2.42 bits per heavy atom. The summed E-state index contributed by atoms with van der Waals surface area (Å²) >= 11 is 0. The van der Waals surface area contributed by atoms with Crippen LogP contribution in [0.1, 0.15) is 42.5 Å². The maximum absolute atomic E-state index is 12.2. The van der Waals surface area contributed by atoms with E-state index in [2.05, 4.69) is 5.10 Å². The summed E-state index contributed by atoms with van der Waals surface area (Å²) in [6, 6.07) is 5.77. The quantitative estimate of drug-likeness (QED) is 0.774. The lowest BCUT2D eigenvalue weighted by Gasteiger charge is -2.07. The van der Waals surface area contributed by atoms with Crippen molar-refractivity contribution < 1.29 is 9.53 Å². The fourth-order valence-electron chi connectivity index (χ4n) is 2.65. The summed E-state index contributed by atoms with van der Waals surface area (Å²) in [5.41, 5.74) is 1.62. The van der Waals surface area contributed by atoms with Crippen LogP contribution < -0.4 is 0 Å². The van der Waals surface area contributed by atoms with Gasteiger partial charge in [-0.1, -0.05) is 6.07 Å². The average molecular weight is 258 g/mol. The Hall–Kier alpha value is -1.68. The SMILES string of the molecule is O=C(CCCC1CCCO1)c1cnn2ccccc12. The summed E-state index contributed by atoms with van der Waals surface area (Å²) in [7, 11) is 0. The second-order valence-corrected chi connectivity index (χ2v) is 5.04. The van der Waals surface area contributed by atoms with Gasteiger partial charge in [0.15, 0.2) is 5.78 Å². The van der Waals surface area contributed by atoms with Crippen LogP contribution in [0.5, 0.6) is 0 Å². The van der Waals surface area contributed by atoms with Crippen LogP contribution >= 0.6 is 0 Å². The molecule has 1 aliphatic heterocycles. The van der Waals surface area contributed by atoms with Crippen LogP contribution in [-0.2, 0) is 4.74 Å². The molecule has 1 unspecified atom stereocenters. The molecule has 0 aliphatic carbocycles. The van der Waals surface area contributed by atoms with Crippen LogP contribution in [0.15, 0.2) is 30.6 Å². The Morgan fingerprint density at radius 1 is 1.47 bits per heavy atom. The summed E-state index contributed by atoms with van der Waals surface area (Å²) in [5, 5.41) is 4.20. The van der Waals surface area contributed by atoms with Gasteiger partial charge in [0.1, 0.15) is 0 Å². The highest BCUT2D eigenvalue weighted by Crippen LogP contribution is 2.19. The molecule has 19 heavy (non-hydrogen) atoms. The summed E-state index contributed by atoms with van der Waals surface area (Å²) in [6.07, 6.45) is 8.67. The van der Waals surface area contributed by atoms with E-state index in [9.17, 15) is 4.79 Å². The highest BCUT2D eigenvalue weighted by molar-refractivity contribution is 6.02. The standard InChI is InChI=1S/C15H18N2O2/c18-15(8-3-5-12-6-4-10-19-12)13-11-16-17-9-2-1-7-14(13)17/h1-2,7,9,11-12H,3-6,8,10H2. The van der Waals surface area contributed by atoms with Gasteiger partial charge in [-0.05, 0) is 37.8 Å². The van der Waals surface area contributed by atoms with Gasteiger partial charge in [0, 0.05) is 19.2 Å². The van der Waals surface area contributed by atoms with Crippen LogP contribution in [-0.4, -0.2) is 28.1 Å². The van der Waals surface area contributed by atoms with Crippen molar-refractivity contribution in [1.82, 2.24) is 9.61 Å². The number of rotatable bonds is 5. The van der Waals surface area contributed by atoms with Gasteiger partial charge in [0.2, 0.25) is 0 Å². The molecule has 2 aromatic rings. The average Bonchev–Trinajstić information content (AvgIpc) is 3.07. The molecule has 1 atom stereocenters. The van der Waals surface area contributed by atoms with Gasteiger partial charge in [-0.25, -0.2) is 4.52 Å². The third kappa shape index (κ3) is 2.68. The highest BCUT2D eigenvalue weighted by atomic mass is 16.5. The monoisotopic (exact) mass is 258 g/mol. The largest absolute Gasteiger partial charge is 0.378 e. The topological polar surface area (TPSA) is 43.6 Å². The number of carbonyl (C=O) groups is 1. The molecule has 0 aromatic carbocycles. The van der Waals surface area contributed by atoms with Crippen LogP contribution in [0.25, 0.3) is 5.52 Å². The zero-order valence-electron chi connectivity index (χ0n) is 10.9. The van der Waals surface area contributed by atoms with Crippen LogP contribution in [0.3, 0.4) is 0 Å².